The van der Waals surface area contributed by atoms with Crippen LogP contribution in [-0.4, -0.2) is 15.6 Å². The molecule has 2 rings (SSSR count). The van der Waals surface area contributed by atoms with E-state index in [9.17, 15) is 4.79 Å². The van der Waals surface area contributed by atoms with E-state index in [0.717, 1.165) is 17.7 Å². The highest BCUT2D eigenvalue weighted by Crippen LogP contribution is 2.07. The van der Waals surface area contributed by atoms with Crippen molar-refractivity contribution in [3.05, 3.63) is 53.3 Å². The predicted molar refractivity (Wildman–Crippen MR) is 71.5 cm³/mol. The van der Waals surface area contributed by atoms with Gasteiger partial charge in [-0.3, -0.25) is 9.48 Å². The summed E-state index contributed by atoms with van der Waals surface area (Å²) in [6, 6.07) is 8.11. The van der Waals surface area contributed by atoms with E-state index in [1.165, 1.54) is 5.56 Å². The molecular formula is C15H18N2O. The molecule has 0 radical (unpaired) electrons. The minimum absolute atomic E-state index is 0.231. The smallest absolute Gasteiger partial charge is 0.141 e. The lowest BCUT2D eigenvalue weighted by Crippen LogP contribution is -2.06. The SMILES string of the molecule is CCn1cc(CC(=O)Cc2ccc(C)cc2)cn1. The van der Waals surface area contributed by atoms with Crippen LogP contribution in [0, 0.1) is 6.92 Å². The molecule has 0 N–H and O–H groups in total. The second-order valence-electron chi connectivity index (χ2n) is 4.58. The van der Waals surface area contributed by atoms with Crippen LogP contribution >= 0.6 is 0 Å². The predicted octanol–water partition coefficient (Wildman–Crippen LogP) is 2.57. The lowest BCUT2D eigenvalue weighted by Gasteiger charge is -2.00. The molecule has 3 heteroatoms. The molecule has 0 unspecified atom stereocenters. The van der Waals surface area contributed by atoms with Crippen LogP contribution in [0.3, 0.4) is 0 Å². The van der Waals surface area contributed by atoms with Crippen molar-refractivity contribution in [2.24, 2.45) is 0 Å². The fourth-order valence-electron chi connectivity index (χ4n) is 1.89. The van der Waals surface area contributed by atoms with Gasteiger partial charge in [-0.05, 0) is 25.0 Å². The van der Waals surface area contributed by atoms with Gasteiger partial charge in [-0.25, -0.2) is 0 Å². The van der Waals surface area contributed by atoms with E-state index in [1.54, 1.807) is 6.20 Å². The zero-order valence-electron chi connectivity index (χ0n) is 10.9. The van der Waals surface area contributed by atoms with Crippen LogP contribution in [0.4, 0.5) is 0 Å². The summed E-state index contributed by atoms with van der Waals surface area (Å²) < 4.78 is 1.84. The van der Waals surface area contributed by atoms with Crippen molar-refractivity contribution in [3.8, 4) is 0 Å². The van der Waals surface area contributed by atoms with Gasteiger partial charge in [0.2, 0.25) is 0 Å². The molecule has 1 aromatic heterocycles. The molecule has 0 saturated carbocycles. The molecular weight excluding hydrogens is 224 g/mol. The van der Waals surface area contributed by atoms with E-state index in [4.69, 9.17) is 0 Å². The first-order valence-electron chi connectivity index (χ1n) is 6.26. The molecule has 0 amide bonds. The molecule has 0 fully saturated rings. The van der Waals surface area contributed by atoms with Crippen molar-refractivity contribution in [2.45, 2.75) is 33.2 Å². The maximum absolute atomic E-state index is 11.9. The molecule has 0 aliphatic carbocycles. The van der Waals surface area contributed by atoms with Gasteiger partial charge in [0.1, 0.15) is 5.78 Å². The average Bonchev–Trinajstić information content (AvgIpc) is 2.79. The molecule has 0 atom stereocenters. The fourth-order valence-corrected chi connectivity index (χ4v) is 1.89. The number of aromatic nitrogens is 2. The Morgan fingerprint density at radius 1 is 1.17 bits per heavy atom. The molecule has 94 valence electrons. The quantitative estimate of drug-likeness (QED) is 0.807. The number of carbonyl (C=O) groups is 1. The number of benzene rings is 1. The maximum atomic E-state index is 11.9. The highest BCUT2D eigenvalue weighted by atomic mass is 16.1. The van der Waals surface area contributed by atoms with Gasteiger partial charge in [-0.1, -0.05) is 29.8 Å². The van der Waals surface area contributed by atoms with Crippen LogP contribution in [0.1, 0.15) is 23.6 Å². The summed E-state index contributed by atoms with van der Waals surface area (Å²) in [5.41, 5.74) is 3.29. The molecule has 1 heterocycles. The molecule has 1 aromatic carbocycles. The zero-order valence-corrected chi connectivity index (χ0v) is 10.9. The first kappa shape index (κ1) is 12.6. The third-order valence-electron chi connectivity index (χ3n) is 2.93. The number of aryl methyl sites for hydroxylation is 2. The Kier molecular flexibility index (Phi) is 3.92. The van der Waals surface area contributed by atoms with Gasteiger partial charge in [0.25, 0.3) is 0 Å². The zero-order chi connectivity index (χ0) is 13.0. The number of carbonyl (C=O) groups excluding carboxylic acids is 1. The topological polar surface area (TPSA) is 34.9 Å². The normalized spacial score (nSPS) is 10.6. The van der Waals surface area contributed by atoms with Gasteiger partial charge >= 0.3 is 0 Å². The summed E-state index contributed by atoms with van der Waals surface area (Å²) >= 11 is 0. The third-order valence-corrected chi connectivity index (χ3v) is 2.93. The number of hydrogen-bond donors (Lipinski definition) is 0. The minimum atomic E-state index is 0.231. The second kappa shape index (κ2) is 5.63. The molecule has 0 spiro atoms. The van der Waals surface area contributed by atoms with Gasteiger partial charge in [-0.2, -0.15) is 5.10 Å². The molecule has 0 bridgehead atoms. The van der Waals surface area contributed by atoms with Crippen LogP contribution in [0.25, 0.3) is 0 Å². The summed E-state index contributed by atoms with van der Waals surface area (Å²) in [5, 5.41) is 4.17. The largest absolute Gasteiger partial charge is 0.299 e. The fraction of sp³-hybridized carbons (Fsp3) is 0.333. The van der Waals surface area contributed by atoms with Crippen molar-refractivity contribution in [3.63, 3.8) is 0 Å². The Morgan fingerprint density at radius 2 is 1.83 bits per heavy atom. The maximum Gasteiger partial charge on any atom is 0.141 e. The van der Waals surface area contributed by atoms with Gasteiger partial charge in [0.15, 0.2) is 0 Å². The van der Waals surface area contributed by atoms with Gasteiger partial charge in [0, 0.05) is 25.6 Å². The van der Waals surface area contributed by atoms with E-state index < -0.39 is 0 Å². The van der Waals surface area contributed by atoms with Crippen LogP contribution < -0.4 is 0 Å². The first-order valence-corrected chi connectivity index (χ1v) is 6.26. The monoisotopic (exact) mass is 242 g/mol. The number of ketones is 1. The molecule has 0 saturated heterocycles. The lowest BCUT2D eigenvalue weighted by atomic mass is 10.0. The molecule has 18 heavy (non-hydrogen) atoms. The summed E-state index contributed by atoms with van der Waals surface area (Å²) in [4.78, 5) is 11.9. The Bertz CT molecular complexity index is 526. The molecule has 2 aromatic rings. The van der Waals surface area contributed by atoms with E-state index in [1.807, 2.05) is 49.0 Å². The minimum Gasteiger partial charge on any atom is -0.299 e. The molecule has 3 nitrogen and oxygen atoms in total. The van der Waals surface area contributed by atoms with Gasteiger partial charge in [0.05, 0.1) is 6.20 Å². The van der Waals surface area contributed by atoms with Crippen molar-refractivity contribution in [1.82, 2.24) is 9.78 Å². The van der Waals surface area contributed by atoms with Gasteiger partial charge < -0.3 is 0 Å². The third kappa shape index (κ3) is 3.29. The van der Waals surface area contributed by atoms with Crippen molar-refractivity contribution < 1.29 is 4.79 Å². The van der Waals surface area contributed by atoms with Crippen molar-refractivity contribution >= 4 is 5.78 Å². The van der Waals surface area contributed by atoms with E-state index >= 15 is 0 Å². The number of hydrogen-bond acceptors (Lipinski definition) is 2. The Labute approximate surface area is 107 Å². The highest BCUT2D eigenvalue weighted by Gasteiger charge is 2.07. The van der Waals surface area contributed by atoms with Crippen LogP contribution in [0.15, 0.2) is 36.7 Å². The lowest BCUT2D eigenvalue weighted by molar-refractivity contribution is -0.117. The Balaban J connectivity index is 1.94. The van der Waals surface area contributed by atoms with Gasteiger partial charge in [-0.15, -0.1) is 0 Å². The first-order chi connectivity index (χ1) is 8.67. The second-order valence-corrected chi connectivity index (χ2v) is 4.58. The number of Topliss-reactive ketones (excluding diaryl/α,β-unsaturated/α-hetero) is 1. The van der Waals surface area contributed by atoms with Crippen LogP contribution in [-0.2, 0) is 24.2 Å². The Morgan fingerprint density at radius 3 is 2.44 bits per heavy atom. The highest BCUT2D eigenvalue weighted by molar-refractivity contribution is 5.82. The Hall–Kier alpha value is -1.90. The van der Waals surface area contributed by atoms with Crippen molar-refractivity contribution in [2.75, 3.05) is 0 Å². The molecule has 0 aliphatic rings. The van der Waals surface area contributed by atoms with E-state index in [2.05, 4.69) is 5.10 Å². The van der Waals surface area contributed by atoms with E-state index in [0.29, 0.717) is 12.8 Å². The summed E-state index contributed by atoms with van der Waals surface area (Å²) in [7, 11) is 0. The standard InChI is InChI=1S/C15H18N2O/c1-3-17-11-14(10-16-17)9-15(18)8-13-6-4-12(2)5-7-13/h4-7,10-11H,3,8-9H2,1-2H3. The summed E-state index contributed by atoms with van der Waals surface area (Å²) in [5.74, 6) is 0.231. The number of nitrogens with zero attached hydrogens (tertiary/aromatic N) is 2. The number of rotatable bonds is 5. The summed E-state index contributed by atoms with van der Waals surface area (Å²) in [6.45, 7) is 4.92. The van der Waals surface area contributed by atoms with Crippen LogP contribution in [0.2, 0.25) is 0 Å². The average molecular weight is 242 g/mol. The summed E-state index contributed by atoms with van der Waals surface area (Å²) in [6.07, 6.45) is 4.68. The molecule has 0 aliphatic heterocycles. The van der Waals surface area contributed by atoms with Crippen LogP contribution in [0.5, 0.6) is 0 Å². The van der Waals surface area contributed by atoms with Crippen molar-refractivity contribution in [1.29, 1.82) is 0 Å². The van der Waals surface area contributed by atoms with E-state index in [-0.39, 0.29) is 5.78 Å².